The zero-order valence-electron chi connectivity index (χ0n) is 35.1. The molecule has 2 nitrogen and oxygen atoms in total. The number of anilines is 3. The minimum Gasteiger partial charge on any atom is -0.310 e. The Bertz CT molecular complexity index is 3620. The molecule has 12 aromatic rings. The van der Waals surface area contributed by atoms with Gasteiger partial charge in [0.1, 0.15) is 0 Å². The Balaban J connectivity index is 0.992. The molecule has 1 aromatic heterocycles. The Kier molecular flexibility index (Phi) is 9.20. The molecule has 0 saturated heterocycles. The van der Waals surface area contributed by atoms with Crippen molar-refractivity contribution in [3.63, 3.8) is 0 Å². The summed E-state index contributed by atoms with van der Waals surface area (Å²) in [5, 5.41) is 7.51. The highest BCUT2D eigenvalue weighted by Gasteiger charge is 2.20. The Morgan fingerprint density at radius 2 is 0.766 bits per heavy atom. The molecular formula is C62H42N2. The van der Waals surface area contributed by atoms with Gasteiger partial charge in [-0.15, -0.1) is 0 Å². The van der Waals surface area contributed by atoms with E-state index in [9.17, 15) is 0 Å². The fraction of sp³-hybridized carbons (Fsp3) is 0. The van der Waals surface area contributed by atoms with Crippen LogP contribution in [0.1, 0.15) is 0 Å². The molecule has 0 saturated carbocycles. The number of benzene rings is 11. The maximum Gasteiger partial charge on any atom is 0.0547 e. The summed E-state index contributed by atoms with van der Waals surface area (Å²) in [5.41, 5.74) is 16.4. The maximum absolute atomic E-state index is 2.42. The van der Waals surface area contributed by atoms with Crippen LogP contribution in [0.4, 0.5) is 17.1 Å². The molecule has 0 radical (unpaired) electrons. The molecule has 1 heterocycles. The van der Waals surface area contributed by atoms with E-state index in [-0.39, 0.29) is 0 Å². The van der Waals surface area contributed by atoms with Crippen LogP contribution in [0.5, 0.6) is 0 Å². The number of fused-ring (bicyclic) bond motifs is 6. The summed E-state index contributed by atoms with van der Waals surface area (Å²) in [5.74, 6) is 0. The second-order valence-electron chi connectivity index (χ2n) is 16.5. The first kappa shape index (κ1) is 37.3. The van der Waals surface area contributed by atoms with Gasteiger partial charge in [-0.3, -0.25) is 0 Å². The van der Waals surface area contributed by atoms with E-state index >= 15 is 0 Å². The Labute approximate surface area is 373 Å². The van der Waals surface area contributed by atoms with Crippen molar-refractivity contribution in [3.8, 4) is 50.2 Å². The van der Waals surface area contributed by atoms with Gasteiger partial charge in [0, 0.05) is 33.5 Å². The topological polar surface area (TPSA) is 8.17 Å². The lowest BCUT2D eigenvalue weighted by molar-refractivity contribution is 1.18. The van der Waals surface area contributed by atoms with E-state index in [1.807, 2.05) is 0 Å². The quantitative estimate of drug-likeness (QED) is 0.148. The van der Waals surface area contributed by atoms with Crippen LogP contribution in [0.25, 0.3) is 93.5 Å². The molecule has 0 N–H and O–H groups in total. The molecule has 0 amide bonds. The van der Waals surface area contributed by atoms with E-state index in [2.05, 4.69) is 264 Å². The Morgan fingerprint density at radius 3 is 1.47 bits per heavy atom. The summed E-state index contributed by atoms with van der Waals surface area (Å²) in [6, 6.07) is 92.6. The molecule has 0 bridgehead atoms. The molecule has 0 unspecified atom stereocenters. The molecule has 0 spiro atoms. The molecule has 0 fully saturated rings. The average molecular weight is 815 g/mol. The van der Waals surface area contributed by atoms with Gasteiger partial charge < -0.3 is 9.47 Å². The third-order valence-electron chi connectivity index (χ3n) is 12.8. The van der Waals surface area contributed by atoms with E-state index in [0.29, 0.717) is 0 Å². The largest absolute Gasteiger partial charge is 0.310 e. The molecule has 0 aliphatic rings. The number of rotatable bonds is 8. The van der Waals surface area contributed by atoms with Gasteiger partial charge in [-0.2, -0.15) is 0 Å². The minimum atomic E-state index is 1.09. The van der Waals surface area contributed by atoms with Crippen molar-refractivity contribution in [2.45, 2.75) is 0 Å². The second-order valence-corrected chi connectivity index (χ2v) is 16.5. The molecule has 11 aromatic carbocycles. The van der Waals surface area contributed by atoms with Crippen molar-refractivity contribution in [3.05, 3.63) is 255 Å². The number of nitrogens with zero attached hydrogens (tertiary/aromatic N) is 2. The van der Waals surface area contributed by atoms with Crippen molar-refractivity contribution >= 4 is 60.4 Å². The van der Waals surface area contributed by atoms with Crippen LogP contribution in [0.15, 0.2) is 255 Å². The lowest BCUT2D eigenvalue weighted by Crippen LogP contribution is -2.10. The normalized spacial score (nSPS) is 11.4. The number of aromatic nitrogens is 1. The van der Waals surface area contributed by atoms with Gasteiger partial charge in [0.2, 0.25) is 0 Å². The predicted octanol–water partition coefficient (Wildman–Crippen LogP) is 17.2. The Morgan fingerprint density at radius 1 is 0.266 bits per heavy atom. The molecule has 0 aliphatic carbocycles. The summed E-state index contributed by atoms with van der Waals surface area (Å²) in [6.07, 6.45) is 0. The molecule has 0 atom stereocenters. The van der Waals surface area contributed by atoms with Crippen molar-refractivity contribution < 1.29 is 0 Å². The fourth-order valence-corrected chi connectivity index (χ4v) is 9.64. The molecule has 2 heteroatoms. The van der Waals surface area contributed by atoms with E-state index < -0.39 is 0 Å². The minimum absolute atomic E-state index is 1.09. The standard InChI is InChI=1S/C62H42N2/c1-3-13-43(14-4-1)45-25-27-46(28-26-45)47-31-36-54(37-32-47)63(55-38-33-48(34-39-55)51-30-29-44-15-7-8-17-50(44)41-51)56-21-11-18-52(42-56)58-23-12-24-59-62(58)61-57-22-10-9-16-49(57)35-40-60(61)64(59)53-19-5-2-6-20-53/h1-42H. The zero-order chi connectivity index (χ0) is 42.4. The van der Waals surface area contributed by atoms with E-state index in [1.54, 1.807) is 0 Å². The molecule has 300 valence electrons. The van der Waals surface area contributed by atoms with Crippen molar-refractivity contribution in [2.75, 3.05) is 4.90 Å². The number of hydrogen-bond donors (Lipinski definition) is 0. The van der Waals surface area contributed by atoms with Gasteiger partial charge in [-0.25, -0.2) is 0 Å². The highest BCUT2D eigenvalue weighted by atomic mass is 15.1. The van der Waals surface area contributed by atoms with E-state index in [0.717, 1.165) is 28.3 Å². The summed E-state index contributed by atoms with van der Waals surface area (Å²) in [4.78, 5) is 2.39. The van der Waals surface area contributed by atoms with Crippen molar-refractivity contribution in [1.82, 2.24) is 4.57 Å². The zero-order valence-corrected chi connectivity index (χ0v) is 35.1. The third kappa shape index (κ3) is 6.61. The predicted molar refractivity (Wildman–Crippen MR) is 272 cm³/mol. The smallest absolute Gasteiger partial charge is 0.0547 e. The van der Waals surface area contributed by atoms with Gasteiger partial charge in [-0.1, -0.05) is 188 Å². The second kappa shape index (κ2) is 15.8. The third-order valence-corrected chi connectivity index (χ3v) is 12.8. The van der Waals surface area contributed by atoms with Crippen LogP contribution in [0.2, 0.25) is 0 Å². The van der Waals surface area contributed by atoms with Gasteiger partial charge >= 0.3 is 0 Å². The fourth-order valence-electron chi connectivity index (χ4n) is 9.64. The van der Waals surface area contributed by atoms with Gasteiger partial charge in [0.05, 0.1) is 11.0 Å². The van der Waals surface area contributed by atoms with Crippen LogP contribution < -0.4 is 4.90 Å². The summed E-state index contributed by atoms with van der Waals surface area (Å²) < 4.78 is 2.42. The van der Waals surface area contributed by atoms with Gasteiger partial charge in [0.25, 0.3) is 0 Å². The van der Waals surface area contributed by atoms with Crippen LogP contribution in [-0.2, 0) is 0 Å². The summed E-state index contributed by atoms with van der Waals surface area (Å²) in [6.45, 7) is 0. The van der Waals surface area contributed by atoms with E-state index in [4.69, 9.17) is 0 Å². The highest BCUT2D eigenvalue weighted by molar-refractivity contribution is 6.25. The Hall–Kier alpha value is -8.46. The SMILES string of the molecule is c1ccc(-c2ccc(-c3ccc(N(c4ccc(-c5ccc6ccccc6c5)cc4)c4cccc(-c5cccc6c5c5c7ccccc7ccc5n6-c5ccccc5)c4)cc3)cc2)cc1. The monoisotopic (exact) mass is 814 g/mol. The van der Waals surface area contributed by atoms with Crippen molar-refractivity contribution in [2.24, 2.45) is 0 Å². The van der Waals surface area contributed by atoms with Crippen LogP contribution in [-0.4, -0.2) is 4.57 Å². The average Bonchev–Trinajstić information content (AvgIpc) is 3.73. The maximum atomic E-state index is 2.42. The lowest BCUT2D eigenvalue weighted by Gasteiger charge is -2.26. The van der Waals surface area contributed by atoms with Crippen molar-refractivity contribution in [1.29, 1.82) is 0 Å². The van der Waals surface area contributed by atoms with E-state index in [1.165, 1.54) is 82.3 Å². The first-order chi connectivity index (χ1) is 31.7. The number of hydrogen-bond acceptors (Lipinski definition) is 1. The highest BCUT2D eigenvalue weighted by Crippen LogP contribution is 2.44. The lowest BCUT2D eigenvalue weighted by atomic mass is 9.96. The molecule has 0 aliphatic heterocycles. The van der Waals surface area contributed by atoms with Gasteiger partial charge in [-0.05, 0) is 133 Å². The molecule has 12 rings (SSSR count). The summed E-state index contributed by atoms with van der Waals surface area (Å²) in [7, 11) is 0. The summed E-state index contributed by atoms with van der Waals surface area (Å²) >= 11 is 0. The first-order valence-corrected chi connectivity index (χ1v) is 22.0. The first-order valence-electron chi connectivity index (χ1n) is 22.0. The molecular weight excluding hydrogens is 773 g/mol. The van der Waals surface area contributed by atoms with Crippen LogP contribution in [0.3, 0.4) is 0 Å². The van der Waals surface area contributed by atoms with Crippen LogP contribution >= 0.6 is 0 Å². The molecule has 64 heavy (non-hydrogen) atoms. The number of para-hydroxylation sites is 1. The van der Waals surface area contributed by atoms with Crippen LogP contribution in [0, 0.1) is 0 Å². The van der Waals surface area contributed by atoms with Gasteiger partial charge in [0.15, 0.2) is 0 Å².